The van der Waals surface area contributed by atoms with Crippen LogP contribution in [0.3, 0.4) is 0 Å². The van der Waals surface area contributed by atoms with Gasteiger partial charge < -0.3 is 14.6 Å². The molecule has 1 saturated heterocycles. The molecule has 0 saturated carbocycles. The Bertz CT molecular complexity index is 1440. The summed E-state index contributed by atoms with van der Waals surface area (Å²) in [5.74, 6) is -0.912. The Morgan fingerprint density at radius 3 is 2.26 bits per heavy atom. The molecule has 4 rings (SSSR count). The number of ether oxygens (including phenoxy) is 2. The second-order valence-corrected chi connectivity index (χ2v) is 10.9. The smallest absolute Gasteiger partial charge is 0.300 e. The minimum Gasteiger partial charge on any atom is -0.507 e. The van der Waals surface area contributed by atoms with Gasteiger partial charge in [0.2, 0.25) is 0 Å². The average molecular weight is 548 g/mol. The summed E-state index contributed by atoms with van der Waals surface area (Å²) in [5.41, 5.74) is 3.15. The van der Waals surface area contributed by atoms with Crippen LogP contribution in [0.2, 0.25) is 5.02 Å². The maximum absolute atomic E-state index is 13.6. The fourth-order valence-electron chi connectivity index (χ4n) is 4.79. The number of rotatable bonds is 7. The Hall–Kier alpha value is -3.77. The summed E-state index contributed by atoms with van der Waals surface area (Å²) in [6, 6.07) is 17.1. The second kappa shape index (κ2) is 11.1. The van der Waals surface area contributed by atoms with Crippen LogP contribution in [-0.4, -0.2) is 30.0 Å². The lowest BCUT2D eigenvalue weighted by molar-refractivity contribution is -0.132. The number of carbonyl (C=O) groups is 2. The predicted molar refractivity (Wildman–Crippen MR) is 155 cm³/mol. The molecule has 39 heavy (non-hydrogen) atoms. The molecule has 1 unspecified atom stereocenters. The maximum Gasteiger partial charge on any atom is 0.300 e. The summed E-state index contributed by atoms with van der Waals surface area (Å²) in [7, 11) is 0. The summed E-state index contributed by atoms with van der Waals surface area (Å²) in [6.07, 6.45) is 0. The number of ketones is 1. The molecule has 1 heterocycles. The predicted octanol–water partition coefficient (Wildman–Crippen LogP) is 7.37. The first-order valence-electron chi connectivity index (χ1n) is 13.1. The van der Waals surface area contributed by atoms with E-state index in [1.165, 1.54) is 4.90 Å². The highest BCUT2D eigenvalue weighted by Crippen LogP contribution is 2.45. The van der Waals surface area contributed by atoms with Crippen molar-refractivity contribution in [1.29, 1.82) is 0 Å². The first-order valence-corrected chi connectivity index (χ1v) is 13.4. The minimum absolute atomic E-state index is 0.0204. The molecule has 7 heteroatoms. The van der Waals surface area contributed by atoms with Crippen molar-refractivity contribution in [3.63, 3.8) is 0 Å². The number of anilines is 1. The summed E-state index contributed by atoms with van der Waals surface area (Å²) in [6.45, 7) is 12.7. The fraction of sp³-hybridized carbons (Fsp3) is 0.312. The molecule has 0 aliphatic carbocycles. The molecule has 1 fully saturated rings. The van der Waals surface area contributed by atoms with Crippen molar-refractivity contribution in [3.8, 4) is 11.5 Å². The van der Waals surface area contributed by atoms with Gasteiger partial charge in [-0.25, -0.2) is 0 Å². The third-order valence-electron chi connectivity index (χ3n) is 6.85. The van der Waals surface area contributed by atoms with E-state index < -0.39 is 17.7 Å². The lowest BCUT2D eigenvalue weighted by atomic mass is 9.85. The molecule has 0 bridgehead atoms. The largest absolute Gasteiger partial charge is 0.507 e. The van der Waals surface area contributed by atoms with Crippen molar-refractivity contribution < 1.29 is 24.2 Å². The molecular formula is C32H34ClNO5. The van der Waals surface area contributed by atoms with E-state index in [1.807, 2.05) is 38.1 Å². The SMILES string of the molecule is CCOc1ccc(/C(O)=C2\C(=O)C(=O)N(c3cccc(Cl)c3C)C2c2ccc(C(C)(C)C)cc2)c(OCC)c1. The fourth-order valence-corrected chi connectivity index (χ4v) is 4.96. The second-order valence-electron chi connectivity index (χ2n) is 10.4. The molecule has 1 aliphatic heterocycles. The number of amides is 1. The van der Waals surface area contributed by atoms with Crippen LogP contribution in [0.5, 0.6) is 11.5 Å². The van der Waals surface area contributed by atoms with Crippen molar-refractivity contribution in [3.05, 3.63) is 93.5 Å². The first-order chi connectivity index (χ1) is 18.5. The summed E-state index contributed by atoms with van der Waals surface area (Å²) < 4.78 is 11.4. The molecule has 0 aromatic heterocycles. The van der Waals surface area contributed by atoms with Gasteiger partial charge >= 0.3 is 0 Å². The number of aliphatic hydroxyl groups excluding tert-OH is 1. The summed E-state index contributed by atoms with van der Waals surface area (Å²) >= 11 is 6.42. The molecule has 1 amide bonds. The van der Waals surface area contributed by atoms with Crippen LogP contribution in [0.25, 0.3) is 5.76 Å². The van der Waals surface area contributed by atoms with Gasteiger partial charge in [-0.15, -0.1) is 0 Å². The van der Waals surface area contributed by atoms with Gasteiger partial charge in [-0.2, -0.15) is 0 Å². The van der Waals surface area contributed by atoms with Crippen molar-refractivity contribution in [1.82, 2.24) is 0 Å². The van der Waals surface area contributed by atoms with Crippen LogP contribution >= 0.6 is 11.6 Å². The zero-order valence-corrected chi connectivity index (χ0v) is 23.9. The quantitative estimate of drug-likeness (QED) is 0.190. The number of nitrogens with zero attached hydrogens (tertiary/aromatic N) is 1. The van der Waals surface area contributed by atoms with Gasteiger partial charge in [0.05, 0.1) is 30.4 Å². The Morgan fingerprint density at radius 1 is 0.974 bits per heavy atom. The lowest BCUT2D eigenvalue weighted by Gasteiger charge is -2.28. The number of Topliss-reactive ketones (excluding diaryl/α,β-unsaturated/α-hetero) is 1. The van der Waals surface area contributed by atoms with E-state index >= 15 is 0 Å². The number of hydrogen-bond donors (Lipinski definition) is 1. The van der Waals surface area contributed by atoms with E-state index in [2.05, 4.69) is 20.8 Å². The average Bonchev–Trinajstić information content (AvgIpc) is 3.15. The van der Waals surface area contributed by atoms with E-state index in [4.69, 9.17) is 21.1 Å². The molecule has 3 aromatic rings. The molecular weight excluding hydrogens is 514 g/mol. The van der Waals surface area contributed by atoms with Gasteiger partial charge in [0.1, 0.15) is 17.3 Å². The Labute approximate surface area is 234 Å². The number of aliphatic hydroxyl groups is 1. The molecule has 0 radical (unpaired) electrons. The molecule has 1 N–H and O–H groups in total. The van der Waals surface area contributed by atoms with Crippen LogP contribution in [0.4, 0.5) is 5.69 Å². The van der Waals surface area contributed by atoms with Gasteiger partial charge in [-0.3, -0.25) is 14.5 Å². The Balaban J connectivity index is 1.97. The third kappa shape index (κ3) is 5.39. The Kier molecular flexibility index (Phi) is 8.07. The monoisotopic (exact) mass is 547 g/mol. The highest BCUT2D eigenvalue weighted by Gasteiger charge is 2.47. The van der Waals surface area contributed by atoms with Crippen LogP contribution in [-0.2, 0) is 15.0 Å². The van der Waals surface area contributed by atoms with Crippen molar-refractivity contribution in [2.75, 3.05) is 18.1 Å². The van der Waals surface area contributed by atoms with Crippen LogP contribution in [0.15, 0.2) is 66.2 Å². The van der Waals surface area contributed by atoms with E-state index in [0.29, 0.717) is 52.1 Å². The summed E-state index contributed by atoms with van der Waals surface area (Å²) in [4.78, 5) is 28.7. The van der Waals surface area contributed by atoms with Crippen molar-refractivity contribution >= 4 is 34.7 Å². The van der Waals surface area contributed by atoms with E-state index in [-0.39, 0.29) is 16.7 Å². The first kappa shape index (κ1) is 28.2. The lowest BCUT2D eigenvalue weighted by Crippen LogP contribution is -2.30. The van der Waals surface area contributed by atoms with Gasteiger partial charge in [-0.1, -0.05) is 62.7 Å². The molecule has 1 aliphatic rings. The number of hydrogen-bond acceptors (Lipinski definition) is 5. The standard InChI is InChI=1S/C32H34ClNO5/c1-7-38-22-16-17-23(26(18-22)39-8-2)29(35)27-28(20-12-14-21(15-13-20)32(4,5)6)34(31(37)30(27)36)25-11-9-10-24(33)19(25)3/h9-18,28,35H,7-8H2,1-6H3/b29-27+. The third-order valence-corrected chi connectivity index (χ3v) is 7.26. The minimum atomic E-state index is -0.878. The highest BCUT2D eigenvalue weighted by molar-refractivity contribution is 6.52. The van der Waals surface area contributed by atoms with E-state index in [9.17, 15) is 14.7 Å². The molecule has 1 atom stereocenters. The van der Waals surface area contributed by atoms with Gasteiger partial charge in [-0.05, 0) is 67.1 Å². The molecule has 0 spiro atoms. The Morgan fingerprint density at radius 2 is 1.64 bits per heavy atom. The zero-order chi connectivity index (χ0) is 28.5. The number of halogens is 1. The van der Waals surface area contributed by atoms with Crippen molar-refractivity contribution in [2.45, 2.75) is 53.0 Å². The van der Waals surface area contributed by atoms with E-state index in [1.54, 1.807) is 43.3 Å². The number of carbonyl (C=O) groups excluding carboxylic acids is 2. The zero-order valence-electron chi connectivity index (χ0n) is 23.2. The van der Waals surface area contributed by atoms with Crippen LogP contribution in [0.1, 0.15) is 62.9 Å². The van der Waals surface area contributed by atoms with E-state index in [0.717, 1.165) is 5.56 Å². The maximum atomic E-state index is 13.6. The molecule has 6 nitrogen and oxygen atoms in total. The van der Waals surface area contributed by atoms with Gasteiger partial charge in [0.25, 0.3) is 11.7 Å². The normalized spacial score (nSPS) is 17.0. The number of benzene rings is 3. The molecule has 3 aromatic carbocycles. The van der Waals surface area contributed by atoms with Crippen LogP contribution < -0.4 is 14.4 Å². The van der Waals surface area contributed by atoms with Crippen LogP contribution in [0, 0.1) is 6.92 Å². The molecule has 204 valence electrons. The topological polar surface area (TPSA) is 76.1 Å². The van der Waals surface area contributed by atoms with Gasteiger partial charge in [0.15, 0.2) is 0 Å². The van der Waals surface area contributed by atoms with Crippen molar-refractivity contribution in [2.24, 2.45) is 0 Å². The highest BCUT2D eigenvalue weighted by atomic mass is 35.5. The summed E-state index contributed by atoms with van der Waals surface area (Å²) in [5, 5.41) is 12.1. The van der Waals surface area contributed by atoms with Gasteiger partial charge in [0, 0.05) is 16.8 Å².